The molecule has 3 aromatic rings. The highest BCUT2D eigenvalue weighted by Crippen LogP contribution is 2.35. The van der Waals surface area contributed by atoms with E-state index in [0.717, 1.165) is 28.5 Å². The van der Waals surface area contributed by atoms with Gasteiger partial charge < -0.3 is 0 Å². The zero-order chi connectivity index (χ0) is 22.5. The minimum absolute atomic E-state index is 0.0615. The summed E-state index contributed by atoms with van der Waals surface area (Å²) in [4.78, 5) is 4.80. The fourth-order valence-electron chi connectivity index (χ4n) is 3.90. The molecule has 2 aromatic carbocycles. The molecule has 156 valence electrons. The monoisotopic (exact) mass is 397 g/mol. The Morgan fingerprint density at radius 1 is 0.733 bits per heavy atom. The molecule has 3 rings (SSSR count). The lowest BCUT2D eigenvalue weighted by molar-refractivity contribution is 0.411. The van der Waals surface area contributed by atoms with Gasteiger partial charge in [0, 0.05) is 10.9 Å². The lowest BCUT2D eigenvalue weighted by Gasteiger charge is -2.26. The van der Waals surface area contributed by atoms with Crippen molar-refractivity contribution in [2.45, 2.75) is 79.6 Å². The summed E-state index contributed by atoms with van der Waals surface area (Å²) in [6.07, 6.45) is 1.04. The van der Waals surface area contributed by atoms with Gasteiger partial charge in [0.05, 0.1) is 5.69 Å². The standard InChI is InChI=1S/C28H36BN/c1-26(2,3)17-18-10-11-23-19(12-18)15-24(29)30-25(23)20-13-21(27(4,5)6)16-22(14-20)28(7,8)9/h10-16H,17H2,1-9H3. The first-order valence-corrected chi connectivity index (χ1v) is 11.0. The molecular formula is C28H36BN. The zero-order valence-electron chi connectivity index (χ0n) is 20.3. The number of rotatable bonds is 2. The number of hydrogen-bond acceptors (Lipinski definition) is 1. The fraction of sp³-hybridized carbons (Fsp3) is 0.464. The quantitative estimate of drug-likeness (QED) is 0.430. The molecule has 1 nitrogen and oxygen atoms in total. The molecule has 0 N–H and O–H groups in total. The molecule has 2 radical (unpaired) electrons. The van der Waals surface area contributed by atoms with Crippen LogP contribution in [0.3, 0.4) is 0 Å². The molecule has 0 aliphatic heterocycles. The van der Waals surface area contributed by atoms with Crippen LogP contribution in [0.5, 0.6) is 0 Å². The Bertz CT molecular complexity index is 1040. The predicted molar refractivity (Wildman–Crippen MR) is 133 cm³/mol. The van der Waals surface area contributed by atoms with Gasteiger partial charge in [-0.2, -0.15) is 0 Å². The van der Waals surface area contributed by atoms with E-state index in [2.05, 4.69) is 98.7 Å². The van der Waals surface area contributed by atoms with E-state index in [9.17, 15) is 0 Å². The van der Waals surface area contributed by atoms with Crippen molar-refractivity contribution in [3.8, 4) is 11.3 Å². The first kappa shape index (κ1) is 22.6. The summed E-state index contributed by atoms with van der Waals surface area (Å²) in [7, 11) is 6.28. The minimum Gasteiger partial charge on any atom is -0.264 e. The number of fused-ring (bicyclic) bond motifs is 1. The molecule has 0 atom stereocenters. The molecule has 0 saturated heterocycles. The van der Waals surface area contributed by atoms with Crippen molar-refractivity contribution < 1.29 is 0 Å². The average Bonchev–Trinajstić information content (AvgIpc) is 2.57. The summed E-state index contributed by atoms with van der Waals surface area (Å²) in [5.74, 6) is 0. The van der Waals surface area contributed by atoms with Crippen molar-refractivity contribution in [2.75, 3.05) is 0 Å². The highest BCUT2D eigenvalue weighted by molar-refractivity contribution is 6.32. The Hall–Kier alpha value is -2.09. The molecule has 0 aliphatic carbocycles. The maximum atomic E-state index is 6.28. The number of pyridine rings is 1. The molecule has 2 heteroatoms. The lowest BCUT2D eigenvalue weighted by atomic mass is 9.79. The van der Waals surface area contributed by atoms with Gasteiger partial charge in [0.25, 0.3) is 0 Å². The second-order valence-corrected chi connectivity index (χ2v) is 12.0. The van der Waals surface area contributed by atoms with Crippen LogP contribution in [-0.2, 0) is 17.3 Å². The van der Waals surface area contributed by atoms with Crippen LogP contribution in [0.4, 0.5) is 0 Å². The SMILES string of the molecule is [B]c1cc2cc(CC(C)(C)C)ccc2c(-c2cc(C(C)(C)C)cc(C(C)(C)C)c2)n1. The van der Waals surface area contributed by atoms with E-state index >= 15 is 0 Å². The molecule has 0 unspecified atom stereocenters. The molecule has 0 bridgehead atoms. The van der Waals surface area contributed by atoms with E-state index in [4.69, 9.17) is 12.8 Å². The van der Waals surface area contributed by atoms with Crippen molar-refractivity contribution in [1.29, 1.82) is 0 Å². The second kappa shape index (κ2) is 7.55. The molecule has 0 aliphatic rings. The maximum Gasteiger partial charge on any atom is 0.141 e. The van der Waals surface area contributed by atoms with Gasteiger partial charge in [-0.05, 0) is 68.5 Å². The summed E-state index contributed by atoms with van der Waals surface area (Å²) in [5, 5.41) is 2.32. The van der Waals surface area contributed by atoms with Gasteiger partial charge in [-0.1, -0.05) is 86.6 Å². The summed E-state index contributed by atoms with van der Waals surface area (Å²) in [6, 6.07) is 15.7. The maximum absolute atomic E-state index is 6.28. The Morgan fingerprint density at radius 2 is 1.30 bits per heavy atom. The van der Waals surface area contributed by atoms with Crippen LogP contribution in [-0.4, -0.2) is 12.8 Å². The van der Waals surface area contributed by atoms with Crippen LogP contribution in [0, 0.1) is 5.41 Å². The summed E-state index contributed by atoms with van der Waals surface area (Å²) < 4.78 is 0. The molecule has 30 heavy (non-hydrogen) atoms. The molecular weight excluding hydrogens is 361 g/mol. The number of hydrogen-bond donors (Lipinski definition) is 0. The first-order chi connectivity index (χ1) is 13.6. The average molecular weight is 397 g/mol. The highest BCUT2D eigenvalue weighted by atomic mass is 14.7. The Morgan fingerprint density at radius 3 is 1.80 bits per heavy atom. The summed E-state index contributed by atoms with van der Waals surface area (Å²) in [5.41, 5.74) is 7.06. The van der Waals surface area contributed by atoms with Gasteiger partial charge in [-0.3, -0.25) is 4.98 Å². The summed E-state index contributed by atoms with van der Waals surface area (Å²) >= 11 is 0. The normalized spacial score (nSPS) is 13.1. The zero-order valence-corrected chi connectivity index (χ0v) is 20.3. The lowest BCUT2D eigenvalue weighted by Crippen LogP contribution is -2.17. The predicted octanol–water partition coefficient (Wildman–Crippen LogP) is 6.88. The number of aromatic nitrogens is 1. The van der Waals surface area contributed by atoms with E-state index in [1.165, 1.54) is 16.7 Å². The molecule has 0 fully saturated rings. The van der Waals surface area contributed by atoms with Gasteiger partial charge in [-0.15, -0.1) is 0 Å². The van der Waals surface area contributed by atoms with Gasteiger partial charge in [0.2, 0.25) is 0 Å². The first-order valence-electron chi connectivity index (χ1n) is 11.0. The van der Waals surface area contributed by atoms with Gasteiger partial charge in [-0.25, -0.2) is 0 Å². The van der Waals surface area contributed by atoms with E-state index in [1.807, 2.05) is 6.07 Å². The second-order valence-electron chi connectivity index (χ2n) is 12.0. The van der Waals surface area contributed by atoms with Crippen molar-refractivity contribution >= 4 is 24.2 Å². The molecule has 1 heterocycles. The van der Waals surface area contributed by atoms with Gasteiger partial charge in [0.15, 0.2) is 0 Å². The van der Waals surface area contributed by atoms with E-state index in [-0.39, 0.29) is 16.2 Å². The van der Waals surface area contributed by atoms with Crippen LogP contribution in [0.1, 0.15) is 79.0 Å². The van der Waals surface area contributed by atoms with Crippen molar-refractivity contribution in [1.82, 2.24) is 4.98 Å². The van der Waals surface area contributed by atoms with Crippen LogP contribution >= 0.6 is 0 Å². The van der Waals surface area contributed by atoms with Crippen molar-refractivity contribution in [3.05, 3.63) is 59.2 Å². The van der Waals surface area contributed by atoms with Crippen molar-refractivity contribution in [2.24, 2.45) is 5.41 Å². The number of benzene rings is 2. The third-order valence-electron chi connectivity index (χ3n) is 5.59. The Kier molecular flexibility index (Phi) is 5.69. The van der Waals surface area contributed by atoms with Crippen molar-refractivity contribution in [3.63, 3.8) is 0 Å². The van der Waals surface area contributed by atoms with Crippen LogP contribution < -0.4 is 5.59 Å². The van der Waals surface area contributed by atoms with Crippen LogP contribution in [0.25, 0.3) is 22.0 Å². The smallest absolute Gasteiger partial charge is 0.141 e. The van der Waals surface area contributed by atoms with E-state index < -0.39 is 0 Å². The van der Waals surface area contributed by atoms with Crippen LogP contribution in [0.15, 0.2) is 42.5 Å². The number of nitrogens with zero attached hydrogens (tertiary/aromatic N) is 1. The Balaban J connectivity index is 2.25. The van der Waals surface area contributed by atoms with E-state index in [0.29, 0.717) is 5.59 Å². The highest BCUT2D eigenvalue weighted by Gasteiger charge is 2.22. The van der Waals surface area contributed by atoms with Gasteiger partial charge >= 0.3 is 0 Å². The minimum atomic E-state index is 0.0615. The molecule has 0 spiro atoms. The van der Waals surface area contributed by atoms with Gasteiger partial charge in [0.1, 0.15) is 7.85 Å². The van der Waals surface area contributed by atoms with Crippen LogP contribution in [0.2, 0.25) is 0 Å². The summed E-state index contributed by atoms with van der Waals surface area (Å²) in [6.45, 7) is 20.4. The third kappa shape index (κ3) is 5.15. The largest absolute Gasteiger partial charge is 0.264 e. The Labute approximate surface area is 184 Å². The molecule has 0 amide bonds. The molecule has 1 aromatic heterocycles. The third-order valence-corrected chi connectivity index (χ3v) is 5.59. The van der Waals surface area contributed by atoms with E-state index in [1.54, 1.807) is 0 Å². The topological polar surface area (TPSA) is 12.9 Å². The molecule has 0 saturated carbocycles. The fourth-order valence-corrected chi connectivity index (χ4v) is 3.90.